The van der Waals surface area contributed by atoms with E-state index in [9.17, 15) is 9.59 Å². The van der Waals surface area contributed by atoms with Gasteiger partial charge in [-0.1, -0.05) is 42.6 Å². The van der Waals surface area contributed by atoms with E-state index in [2.05, 4.69) is 15.1 Å². The molecule has 0 spiro atoms. The lowest BCUT2D eigenvalue weighted by Crippen LogP contribution is -2.51. The summed E-state index contributed by atoms with van der Waals surface area (Å²) in [5.74, 6) is 0.475. The first-order valence-corrected chi connectivity index (χ1v) is 14.7. The van der Waals surface area contributed by atoms with Gasteiger partial charge in [-0.25, -0.2) is 0 Å². The normalized spacial score (nSPS) is 18.6. The van der Waals surface area contributed by atoms with Gasteiger partial charge in [0.2, 0.25) is 5.91 Å². The minimum atomic E-state index is -0.159. The molecule has 1 saturated carbocycles. The standard InChI is InChI=1S/C31H36ClN5O3/c1-40-28-11-10-21(32)18-27(28)34-29(38)20-35-13-12-26-24(19-35)30(23-8-4-5-9-25(23)33-26)31(39)37-16-14-36(15-17-37)22-6-2-3-7-22/h4-5,8-11,18,22H,2-3,6-7,12-17,19-20H2,1H3,(H,34,38). The third-order valence-electron chi connectivity index (χ3n) is 8.58. The Balaban J connectivity index is 1.22. The minimum Gasteiger partial charge on any atom is -0.495 e. The quantitative estimate of drug-likeness (QED) is 0.474. The zero-order chi connectivity index (χ0) is 27.6. The van der Waals surface area contributed by atoms with Crippen molar-refractivity contribution in [2.75, 3.05) is 51.7 Å². The molecule has 3 heterocycles. The van der Waals surface area contributed by atoms with E-state index >= 15 is 0 Å². The van der Waals surface area contributed by atoms with Crippen molar-refractivity contribution in [3.63, 3.8) is 0 Å². The topological polar surface area (TPSA) is 78.0 Å². The van der Waals surface area contributed by atoms with Crippen LogP contribution in [-0.2, 0) is 17.8 Å². The molecule has 8 nitrogen and oxygen atoms in total. The maximum Gasteiger partial charge on any atom is 0.255 e. The predicted octanol–water partition coefficient (Wildman–Crippen LogP) is 4.59. The third-order valence-corrected chi connectivity index (χ3v) is 8.82. The molecule has 2 aliphatic heterocycles. The van der Waals surface area contributed by atoms with E-state index in [4.69, 9.17) is 21.3 Å². The fourth-order valence-corrected chi connectivity index (χ4v) is 6.69. The van der Waals surface area contributed by atoms with Gasteiger partial charge in [-0.2, -0.15) is 0 Å². The zero-order valence-electron chi connectivity index (χ0n) is 23.0. The fourth-order valence-electron chi connectivity index (χ4n) is 6.51. The molecule has 2 aromatic carbocycles. The number of hydrogen-bond acceptors (Lipinski definition) is 6. The van der Waals surface area contributed by atoms with Crippen molar-refractivity contribution in [2.45, 2.75) is 44.7 Å². The SMILES string of the molecule is COc1ccc(Cl)cc1NC(=O)CN1CCc2nc3ccccc3c(C(=O)N3CCN(C4CCCC4)CC3)c2C1. The molecule has 1 saturated heterocycles. The lowest BCUT2D eigenvalue weighted by atomic mass is 9.94. The number of pyridine rings is 1. The number of halogens is 1. The van der Waals surface area contributed by atoms with Gasteiger partial charge in [0.05, 0.1) is 30.4 Å². The Morgan fingerprint density at radius 3 is 2.60 bits per heavy atom. The van der Waals surface area contributed by atoms with Crippen LogP contribution in [0.5, 0.6) is 5.75 Å². The molecule has 2 fully saturated rings. The molecule has 0 atom stereocenters. The number of nitrogens with one attached hydrogen (secondary N) is 1. The molecule has 1 aromatic heterocycles. The Kier molecular flexibility index (Phi) is 7.91. The number of ether oxygens (including phenoxy) is 1. The lowest BCUT2D eigenvalue weighted by molar-refractivity contribution is -0.117. The molecule has 6 rings (SSSR count). The van der Waals surface area contributed by atoms with Crippen LogP contribution < -0.4 is 10.1 Å². The number of piperazine rings is 1. The van der Waals surface area contributed by atoms with E-state index in [1.165, 1.54) is 25.7 Å². The second kappa shape index (κ2) is 11.7. The molecule has 40 heavy (non-hydrogen) atoms. The number of aromatic nitrogens is 1. The second-order valence-electron chi connectivity index (χ2n) is 11.0. The number of para-hydroxylation sites is 1. The van der Waals surface area contributed by atoms with Gasteiger partial charge in [0.25, 0.3) is 5.91 Å². The third kappa shape index (κ3) is 5.53. The molecule has 3 aliphatic rings. The summed E-state index contributed by atoms with van der Waals surface area (Å²) in [6.45, 7) is 4.72. The van der Waals surface area contributed by atoms with Crippen LogP contribution in [0.1, 0.15) is 47.3 Å². The van der Waals surface area contributed by atoms with Crippen LogP contribution in [0.4, 0.5) is 5.69 Å². The minimum absolute atomic E-state index is 0.0795. The number of carbonyl (C=O) groups is 2. The molecule has 0 radical (unpaired) electrons. The first-order chi connectivity index (χ1) is 19.5. The van der Waals surface area contributed by atoms with Gasteiger partial charge in [-0.05, 0) is 37.1 Å². The number of anilines is 1. The van der Waals surface area contributed by atoms with Crippen LogP contribution in [0.25, 0.3) is 10.9 Å². The van der Waals surface area contributed by atoms with Crippen molar-refractivity contribution in [2.24, 2.45) is 0 Å². The molecule has 1 N–H and O–H groups in total. The molecule has 0 bridgehead atoms. The zero-order valence-corrected chi connectivity index (χ0v) is 23.8. The van der Waals surface area contributed by atoms with Crippen LogP contribution in [-0.4, -0.2) is 83.9 Å². The number of rotatable bonds is 6. The van der Waals surface area contributed by atoms with E-state index in [0.29, 0.717) is 42.0 Å². The van der Waals surface area contributed by atoms with Crippen LogP contribution in [0.15, 0.2) is 42.5 Å². The number of carbonyl (C=O) groups excluding carboxylic acids is 2. The first kappa shape index (κ1) is 27.0. The number of methoxy groups -OCH3 is 1. The second-order valence-corrected chi connectivity index (χ2v) is 11.5. The van der Waals surface area contributed by atoms with Gasteiger partial charge >= 0.3 is 0 Å². The average Bonchev–Trinajstić information content (AvgIpc) is 3.51. The van der Waals surface area contributed by atoms with Gasteiger partial charge in [0, 0.05) is 73.4 Å². The summed E-state index contributed by atoms with van der Waals surface area (Å²) < 4.78 is 5.37. The van der Waals surface area contributed by atoms with E-state index in [0.717, 1.165) is 53.9 Å². The maximum absolute atomic E-state index is 14.1. The number of amides is 2. The highest BCUT2D eigenvalue weighted by molar-refractivity contribution is 6.31. The molecule has 2 amide bonds. The van der Waals surface area contributed by atoms with Gasteiger partial charge in [0.1, 0.15) is 5.75 Å². The summed E-state index contributed by atoms with van der Waals surface area (Å²) in [5.41, 5.74) is 4.05. The molecular weight excluding hydrogens is 526 g/mol. The van der Waals surface area contributed by atoms with Crippen molar-refractivity contribution >= 4 is 40.0 Å². The monoisotopic (exact) mass is 561 g/mol. The summed E-state index contributed by atoms with van der Waals surface area (Å²) in [5, 5.41) is 4.34. The Bertz CT molecular complexity index is 1420. The predicted molar refractivity (Wildman–Crippen MR) is 157 cm³/mol. The van der Waals surface area contributed by atoms with Gasteiger partial charge in [-0.3, -0.25) is 24.4 Å². The molecule has 210 valence electrons. The molecule has 1 aliphatic carbocycles. The van der Waals surface area contributed by atoms with Crippen LogP contribution in [0, 0.1) is 0 Å². The highest BCUT2D eigenvalue weighted by Crippen LogP contribution is 2.31. The number of fused-ring (bicyclic) bond motifs is 2. The summed E-state index contributed by atoms with van der Waals surface area (Å²) >= 11 is 6.14. The van der Waals surface area contributed by atoms with Crippen molar-refractivity contribution in [1.82, 2.24) is 19.7 Å². The highest BCUT2D eigenvalue weighted by Gasteiger charge is 2.32. The Morgan fingerprint density at radius 2 is 1.82 bits per heavy atom. The average molecular weight is 562 g/mol. The Hall–Kier alpha value is -3.20. The number of hydrogen-bond donors (Lipinski definition) is 1. The summed E-state index contributed by atoms with van der Waals surface area (Å²) in [6, 6.07) is 13.8. The lowest BCUT2D eigenvalue weighted by Gasteiger charge is -2.39. The van der Waals surface area contributed by atoms with Crippen molar-refractivity contribution in [3.8, 4) is 5.75 Å². The summed E-state index contributed by atoms with van der Waals surface area (Å²) in [4.78, 5) is 38.8. The number of nitrogens with zero attached hydrogens (tertiary/aromatic N) is 4. The van der Waals surface area contributed by atoms with Crippen LogP contribution >= 0.6 is 11.6 Å². The Labute approximate surface area is 240 Å². The van der Waals surface area contributed by atoms with Gasteiger partial charge in [-0.15, -0.1) is 0 Å². The smallest absolute Gasteiger partial charge is 0.255 e. The molecular formula is C31H36ClN5O3. The van der Waals surface area contributed by atoms with Crippen LogP contribution in [0.2, 0.25) is 5.02 Å². The van der Waals surface area contributed by atoms with E-state index in [1.54, 1.807) is 25.3 Å². The van der Waals surface area contributed by atoms with Crippen LogP contribution in [0.3, 0.4) is 0 Å². The van der Waals surface area contributed by atoms with E-state index in [-0.39, 0.29) is 18.4 Å². The van der Waals surface area contributed by atoms with Crippen molar-refractivity contribution < 1.29 is 14.3 Å². The first-order valence-electron chi connectivity index (χ1n) is 14.3. The van der Waals surface area contributed by atoms with Crippen molar-refractivity contribution in [1.29, 1.82) is 0 Å². The van der Waals surface area contributed by atoms with E-state index < -0.39 is 0 Å². The van der Waals surface area contributed by atoms with E-state index in [1.807, 2.05) is 29.2 Å². The summed E-state index contributed by atoms with van der Waals surface area (Å²) in [7, 11) is 1.56. The fraction of sp³-hybridized carbons (Fsp3) is 0.452. The summed E-state index contributed by atoms with van der Waals surface area (Å²) in [6.07, 6.45) is 5.89. The largest absolute Gasteiger partial charge is 0.495 e. The highest BCUT2D eigenvalue weighted by atomic mass is 35.5. The van der Waals surface area contributed by atoms with Gasteiger partial charge < -0.3 is 15.0 Å². The molecule has 3 aromatic rings. The van der Waals surface area contributed by atoms with Crippen molar-refractivity contribution in [3.05, 3.63) is 64.3 Å². The number of benzene rings is 2. The van der Waals surface area contributed by atoms with Gasteiger partial charge in [0.15, 0.2) is 0 Å². The Morgan fingerprint density at radius 1 is 1.05 bits per heavy atom. The molecule has 0 unspecified atom stereocenters. The molecule has 9 heteroatoms. The maximum atomic E-state index is 14.1.